The Morgan fingerprint density at radius 1 is 1.62 bits per heavy atom. The van der Waals surface area contributed by atoms with Crippen molar-refractivity contribution in [2.75, 3.05) is 18.2 Å². The van der Waals surface area contributed by atoms with Gasteiger partial charge in [0.1, 0.15) is 11.6 Å². The zero-order valence-corrected chi connectivity index (χ0v) is 7.58. The predicted octanol–water partition coefficient (Wildman–Crippen LogP) is 1.25. The Morgan fingerprint density at radius 3 is 3.00 bits per heavy atom. The highest BCUT2D eigenvalue weighted by Gasteiger charge is 2.21. The molecule has 1 fully saturated rings. The summed E-state index contributed by atoms with van der Waals surface area (Å²) in [6.07, 6.45) is 4.08. The molecule has 3 N–H and O–H groups in total. The van der Waals surface area contributed by atoms with Crippen LogP contribution >= 0.6 is 0 Å². The van der Waals surface area contributed by atoms with Crippen LogP contribution in [0.2, 0.25) is 0 Å². The van der Waals surface area contributed by atoms with E-state index in [-0.39, 0.29) is 0 Å². The molecule has 70 valence electrons. The summed E-state index contributed by atoms with van der Waals surface area (Å²) in [5.41, 5.74) is 6.20. The van der Waals surface area contributed by atoms with Crippen LogP contribution in [0, 0.1) is 0 Å². The third-order valence-corrected chi connectivity index (χ3v) is 2.04. The second-order valence-corrected chi connectivity index (χ2v) is 3.23. The number of nitrogens with two attached hydrogens (primary N) is 1. The fourth-order valence-electron chi connectivity index (χ4n) is 1.14. The number of rotatable bonds is 3. The molecule has 0 spiro atoms. The number of anilines is 2. The Balaban J connectivity index is 2.16. The monoisotopic (exact) mass is 179 g/mol. The number of ether oxygens (including phenoxy) is 1. The molecule has 2 rings (SSSR count). The van der Waals surface area contributed by atoms with Gasteiger partial charge in [-0.2, -0.15) is 0 Å². The van der Waals surface area contributed by atoms with Gasteiger partial charge in [-0.25, -0.2) is 4.98 Å². The molecule has 0 unspecified atom stereocenters. The number of hydrogen-bond donors (Lipinski definition) is 2. The van der Waals surface area contributed by atoms with E-state index in [1.54, 1.807) is 13.3 Å². The van der Waals surface area contributed by atoms with Crippen molar-refractivity contribution in [3.63, 3.8) is 0 Å². The molecule has 4 heteroatoms. The summed E-state index contributed by atoms with van der Waals surface area (Å²) in [7, 11) is 1.60. The van der Waals surface area contributed by atoms with Crippen LogP contribution in [0.4, 0.5) is 11.5 Å². The van der Waals surface area contributed by atoms with E-state index in [9.17, 15) is 0 Å². The molecule has 13 heavy (non-hydrogen) atoms. The van der Waals surface area contributed by atoms with Crippen LogP contribution in [0.25, 0.3) is 0 Å². The molecule has 0 atom stereocenters. The lowest BCUT2D eigenvalue weighted by Crippen LogP contribution is -2.04. The summed E-state index contributed by atoms with van der Waals surface area (Å²) >= 11 is 0. The van der Waals surface area contributed by atoms with Crippen molar-refractivity contribution in [1.82, 2.24) is 4.98 Å². The van der Waals surface area contributed by atoms with Crippen LogP contribution in [-0.2, 0) is 0 Å². The van der Waals surface area contributed by atoms with E-state index in [1.807, 2.05) is 6.07 Å². The van der Waals surface area contributed by atoms with Gasteiger partial charge in [-0.3, -0.25) is 0 Å². The zero-order chi connectivity index (χ0) is 9.26. The third kappa shape index (κ3) is 1.83. The number of aromatic nitrogens is 1. The fraction of sp³-hybridized carbons (Fsp3) is 0.444. The second kappa shape index (κ2) is 3.12. The smallest absolute Gasteiger partial charge is 0.147 e. The van der Waals surface area contributed by atoms with Gasteiger partial charge in [0.25, 0.3) is 0 Å². The van der Waals surface area contributed by atoms with Gasteiger partial charge >= 0.3 is 0 Å². The van der Waals surface area contributed by atoms with Gasteiger partial charge in [-0.15, -0.1) is 0 Å². The van der Waals surface area contributed by atoms with Crippen molar-refractivity contribution in [3.05, 3.63) is 12.3 Å². The van der Waals surface area contributed by atoms with E-state index in [1.165, 1.54) is 12.8 Å². The number of methoxy groups -OCH3 is 1. The van der Waals surface area contributed by atoms with E-state index < -0.39 is 0 Å². The van der Waals surface area contributed by atoms with Gasteiger partial charge in [0, 0.05) is 12.1 Å². The van der Waals surface area contributed by atoms with Gasteiger partial charge in [0.15, 0.2) is 0 Å². The van der Waals surface area contributed by atoms with Crippen molar-refractivity contribution in [2.45, 2.75) is 18.9 Å². The van der Waals surface area contributed by atoms with E-state index in [4.69, 9.17) is 10.5 Å². The first kappa shape index (κ1) is 8.16. The van der Waals surface area contributed by atoms with Gasteiger partial charge in [0.05, 0.1) is 19.0 Å². The molecule has 0 amide bonds. The SMILES string of the molecule is COc1cc(NC2CC2)ncc1N. The van der Waals surface area contributed by atoms with Gasteiger partial charge < -0.3 is 15.8 Å². The Hall–Kier alpha value is -1.45. The molecule has 0 saturated heterocycles. The standard InChI is InChI=1S/C9H13N3O/c1-13-8-4-9(11-5-7(8)10)12-6-2-3-6/h4-6H,2-3,10H2,1H3,(H,11,12). The summed E-state index contributed by atoms with van der Waals surface area (Å²) in [5, 5.41) is 3.27. The van der Waals surface area contributed by atoms with E-state index in [0.717, 1.165) is 5.82 Å². The molecule has 1 aliphatic carbocycles. The largest absolute Gasteiger partial charge is 0.494 e. The summed E-state index contributed by atoms with van der Waals surface area (Å²) in [5.74, 6) is 1.52. The predicted molar refractivity (Wildman–Crippen MR) is 51.8 cm³/mol. The normalized spacial score (nSPS) is 15.5. The first-order valence-corrected chi connectivity index (χ1v) is 4.35. The average Bonchev–Trinajstić information content (AvgIpc) is 2.92. The van der Waals surface area contributed by atoms with Crippen LogP contribution in [-0.4, -0.2) is 18.1 Å². The van der Waals surface area contributed by atoms with E-state index >= 15 is 0 Å². The van der Waals surface area contributed by atoms with Crippen molar-refractivity contribution >= 4 is 11.5 Å². The fourth-order valence-corrected chi connectivity index (χ4v) is 1.14. The van der Waals surface area contributed by atoms with Crippen molar-refractivity contribution in [1.29, 1.82) is 0 Å². The minimum atomic E-state index is 0.573. The lowest BCUT2D eigenvalue weighted by molar-refractivity contribution is 0.416. The average molecular weight is 179 g/mol. The van der Waals surface area contributed by atoms with Crippen LogP contribution in [0.5, 0.6) is 5.75 Å². The minimum Gasteiger partial charge on any atom is -0.494 e. The van der Waals surface area contributed by atoms with Crippen molar-refractivity contribution in [2.24, 2.45) is 0 Å². The van der Waals surface area contributed by atoms with Crippen LogP contribution < -0.4 is 15.8 Å². The summed E-state index contributed by atoms with van der Waals surface area (Å²) in [4.78, 5) is 4.15. The topological polar surface area (TPSA) is 60.2 Å². The molecule has 0 aliphatic heterocycles. The molecule has 1 heterocycles. The first-order chi connectivity index (χ1) is 6.29. The molecule has 0 aromatic carbocycles. The molecule has 0 radical (unpaired) electrons. The van der Waals surface area contributed by atoms with Crippen molar-refractivity contribution < 1.29 is 4.74 Å². The van der Waals surface area contributed by atoms with Gasteiger partial charge in [-0.05, 0) is 12.8 Å². The van der Waals surface area contributed by atoms with E-state index in [2.05, 4.69) is 10.3 Å². The lowest BCUT2D eigenvalue weighted by atomic mass is 10.3. The Morgan fingerprint density at radius 2 is 2.38 bits per heavy atom. The second-order valence-electron chi connectivity index (χ2n) is 3.23. The highest BCUT2D eigenvalue weighted by molar-refractivity contribution is 5.56. The Bertz CT molecular complexity index is 310. The highest BCUT2D eigenvalue weighted by Crippen LogP contribution is 2.27. The minimum absolute atomic E-state index is 0.573. The Labute approximate surface area is 77.1 Å². The zero-order valence-electron chi connectivity index (χ0n) is 7.58. The number of nitrogens with one attached hydrogen (secondary N) is 1. The lowest BCUT2D eigenvalue weighted by Gasteiger charge is -2.07. The quantitative estimate of drug-likeness (QED) is 0.733. The maximum Gasteiger partial charge on any atom is 0.147 e. The third-order valence-electron chi connectivity index (χ3n) is 2.04. The number of nitrogens with zero attached hydrogens (tertiary/aromatic N) is 1. The van der Waals surface area contributed by atoms with Crippen LogP contribution in [0.1, 0.15) is 12.8 Å². The highest BCUT2D eigenvalue weighted by atomic mass is 16.5. The summed E-state index contributed by atoms with van der Waals surface area (Å²) in [6, 6.07) is 2.43. The number of pyridine rings is 1. The maximum atomic E-state index is 5.63. The molecule has 4 nitrogen and oxygen atoms in total. The number of nitrogen functional groups attached to an aromatic ring is 1. The molecular weight excluding hydrogens is 166 g/mol. The van der Waals surface area contributed by atoms with Crippen LogP contribution in [0.15, 0.2) is 12.3 Å². The molecular formula is C9H13N3O. The first-order valence-electron chi connectivity index (χ1n) is 4.35. The molecule has 1 saturated carbocycles. The van der Waals surface area contributed by atoms with Gasteiger partial charge in [0.2, 0.25) is 0 Å². The van der Waals surface area contributed by atoms with E-state index in [0.29, 0.717) is 17.5 Å². The molecule has 0 bridgehead atoms. The maximum absolute atomic E-state index is 5.63. The molecule has 1 aromatic heterocycles. The Kier molecular flexibility index (Phi) is 1.96. The summed E-state index contributed by atoms with van der Waals surface area (Å²) in [6.45, 7) is 0. The number of hydrogen-bond acceptors (Lipinski definition) is 4. The van der Waals surface area contributed by atoms with Crippen molar-refractivity contribution in [3.8, 4) is 5.75 Å². The molecule has 1 aromatic rings. The van der Waals surface area contributed by atoms with Gasteiger partial charge in [-0.1, -0.05) is 0 Å². The molecule has 1 aliphatic rings. The van der Waals surface area contributed by atoms with Crippen LogP contribution in [0.3, 0.4) is 0 Å². The summed E-state index contributed by atoms with van der Waals surface area (Å²) < 4.78 is 5.08.